The molecule has 0 fully saturated rings. The molecule has 3 rings (SSSR count). The molecule has 33 heavy (non-hydrogen) atoms. The first-order valence-corrected chi connectivity index (χ1v) is 11.6. The van der Waals surface area contributed by atoms with E-state index >= 15 is 0 Å². The molecule has 0 aliphatic heterocycles. The van der Waals surface area contributed by atoms with Crippen LogP contribution in [0.1, 0.15) is 35.5 Å². The first-order chi connectivity index (χ1) is 15.8. The van der Waals surface area contributed by atoms with Crippen LogP contribution in [0.15, 0.2) is 47.6 Å². The second-order valence-electron chi connectivity index (χ2n) is 7.85. The van der Waals surface area contributed by atoms with Gasteiger partial charge in [-0.3, -0.25) is 9.59 Å². The zero-order valence-electron chi connectivity index (χ0n) is 19.5. The Bertz CT molecular complexity index is 1130. The normalized spacial score (nSPS) is 11.7. The molecule has 0 spiro atoms. The molecule has 1 aromatic heterocycles. The van der Waals surface area contributed by atoms with E-state index in [0.717, 1.165) is 22.6 Å². The molecular formula is C24H29N5O3S. The monoisotopic (exact) mass is 467 g/mol. The third kappa shape index (κ3) is 6.58. The average molecular weight is 468 g/mol. The number of aryl methyl sites for hydroxylation is 2. The maximum atomic E-state index is 12.4. The van der Waals surface area contributed by atoms with Crippen molar-refractivity contribution >= 4 is 29.3 Å². The molecule has 0 radical (unpaired) electrons. The van der Waals surface area contributed by atoms with Gasteiger partial charge in [0.1, 0.15) is 5.75 Å². The van der Waals surface area contributed by atoms with E-state index in [-0.39, 0.29) is 30.0 Å². The van der Waals surface area contributed by atoms with Gasteiger partial charge in [-0.15, -0.1) is 10.2 Å². The van der Waals surface area contributed by atoms with Crippen molar-refractivity contribution in [3.05, 3.63) is 65.0 Å². The third-order valence-corrected chi connectivity index (χ3v) is 6.30. The molecule has 0 saturated heterocycles. The van der Waals surface area contributed by atoms with Crippen LogP contribution in [0.25, 0.3) is 0 Å². The van der Waals surface area contributed by atoms with Crippen molar-refractivity contribution in [3.8, 4) is 5.75 Å². The SMILES string of the molecule is COc1ccc(CC(=O)NC(C)c2nnc(SCC(=O)Nc3ccc(C)c(C)c3)n2C)cc1. The molecule has 2 amide bonds. The minimum atomic E-state index is -0.327. The van der Waals surface area contributed by atoms with Crippen LogP contribution in [0, 0.1) is 13.8 Å². The number of benzene rings is 2. The summed E-state index contributed by atoms with van der Waals surface area (Å²) in [6, 6.07) is 12.9. The van der Waals surface area contributed by atoms with Crippen molar-refractivity contribution < 1.29 is 14.3 Å². The summed E-state index contributed by atoms with van der Waals surface area (Å²) in [6.45, 7) is 5.90. The van der Waals surface area contributed by atoms with Gasteiger partial charge in [0.05, 0.1) is 25.3 Å². The van der Waals surface area contributed by atoms with Gasteiger partial charge < -0.3 is 19.9 Å². The second kappa shape index (κ2) is 11.0. The number of nitrogens with one attached hydrogen (secondary N) is 2. The van der Waals surface area contributed by atoms with Crippen molar-refractivity contribution in [3.63, 3.8) is 0 Å². The maximum absolute atomic E-state index is 12.4. The minimum absolute atomic E-state index is 0.113. The van der Waals surface area contributed by atoms with Crippen molar-refractivity contribution in [2.45, 2.75) is 38.4 Å². The highest BCUT2D eigenvalue weighted by Crippen LogP contribution is 2.20. The van der Waals surface area contributed by atoms with Gasteiger partial charge >= 0.3 is 0 Å². The number of aromatic nitrogens is 3. The molecule has 0 aliphatic carbocycles. The van der Waals surface area contributed by atoms with Crippen LogP contribution in [0.2, 0.25) is 0 Å². The van der Waals surface area contributed by atoms with Gasteiger partial charge in [0.2, 0.25) is 11.8 Å². The molecule has 0 aliphatic rings. The number of ether oxygens (including phenoxy) is 1. The van der Waals surface area contributed by atoms with Crippen molar-refractivity contribution in [2.75, 3.05) is 18.2 Å². The van der Waals surface area contributed by atoms with Crippen molar-refractivity contribution in [2.24, 2.45) is 7.05 Å². The zero-order chi connectivity index (χ0) is 24.0. The predicted molar refractivity (Wildman–Crippen MR) is 130 cm³/mol. The van der Waals surface area contributed by atoms with E-state index in [1.54, 1.807) is 11.7 Å². The summed E-state index contributed by atoms with van der Waals surface area (Å²) in [5.41, 5.74) is 3.97. The number of nitrogens with zero attached hydrogens (tertiary/aromatic N) is 3. The summed E-state index contributed by atoms with van der Waals surface area (Å²) >= 11 is 1.30. The molecule has 174 valence electrons. The van der Waals surface area contributed by atoms with Crippen molar-refractivity contribution in [1.29, 1.82) is 0 Å². The summed E-state index contributed by atoms with van der Waals surface area (Å²) in [5, 5.41) is 14.9. The predicted octanol–water partition coefficient (Wildman–Crippen LogP) is 3.59. The van der Waals surface area contributed by atoms with Gasteiger partial charge in [-0.05, 0) is 61.7 Å². The molecule has 1 heterocycles. The number of amides is 2. The van der Waals surface area contributed by atoms with Gasteiger partial charge in [-0.2, -0.15) is 0 Å². The smallest absolute Gasteiger partial charge is 0.234 e. The number of hydrogen-bond donors (Lipinski definition) is 2. The highest BCUT2D eigenvalue weighted by Gasteiger charge is 2.18. The lowest BCUT2D eigenvalue weighted by Gasteiger charge is -2.14. The fourth-order valence-corrected chi connectivity index (χ4v) is 3.98. The molecule has 0 bridgehead atoms. The van der Waals surface area contributed by atoms with Crippen LogP contribution in [0.5, 0.6) is 5.75 Å². The van der Waals surface area contributed by atoms with Crippen LogP contribution in [-0.4, -0.2) is 39.4 Å². The number of anilines is 1. The molecule has 3 aromatic rings. The second-order valence-corrected chi connectivity index (χ2v) is 8.79. The highest BCUT2D eigenvalue weighted by molar-refractivity contribution is 7.99. The standard InChI is InChI=1S/C24H29N5O3S/c1-15-6-9-19(12-16(15)2)26-22(31)14-33-24-28-27-23(29(24)4)17(3)25-21(30)13-18-7-10-20(32-5)11-8-18/h6-12,17H,13-14H2,1-5H3,(H,25,30)(H,26,31). The lowest BCUT2D eigenvalue weighted by Crippen LogP contribution is -2.29. The van der Waals surface area contributed by atoms with Crippen LogP contribution < -0.4 is 15.4 Å². The Morgan fingerprint density at radius 1 is 1.06 bits per heavy atom. The van der Waals surface area contributed by atoms with Crippen LogP contribution in [0.4, 0.5) is 5.69 Å². The number of carbonyl (C=O) groups excluding carboxylic acids is 2. The topological polar surface area (TPSA) is 98.1 Å². The summed E-state index contributed by atoms with van der Waals surface area (Å²) in [6.07, 6.45) is 0.256. The van der Waals surface area contributed by atoms with Crippen molar-refractivity contribution in [1.82, 2.24) is 20.1 Å². The molecule has 0 saturated carbocycles. The Morgan fingerprint density at radius 2 is 1.79 bits per heavy atom. The summed E-state index contributed by atoms with van der Waals surface area (Å²) < 4.78 is 6.94. The molecule has 2 N–H and O–H groups in total. The Balaban J connectivity index is 1.52. The first-order valence-electron chi connectivity index (χ1n) is 10.6. The lowest BCUT2D eigenvalue weighted by molar-refractivity contribution is -0.121. The lowest BCUT2D eigenvalue weighted by atomic mass is 10.1. The molecule has 8 nitrogen and oxygen atoms in total. The van der Waals surface area contributed by atoms with E-state index < -0.39 is 0 Å². The van der Waals surface area contributed by atoms with Gasteiger partial charge in [0.15, 0.2) is 11.0 Å². The maximum Gasteiger partial charge on any atom is 0.234 e. The fraction of sp³-hybridized carbons (Fsp3) is 0.333. The minimum Gasteiger partial charge on any atom is -0.497 e. The van der Waals surface area contributed by atoms with Crippen LogP contribution in [0.3, 0.4) is 0 Å². The van der Waals surface area contributed by atoms with E-state index in [0.29, 0.717) is 11.0 Å². The number of thioether (sulfide) groups is 1. The first kappa shape index (κ1) is 24.3. The van der Waals surface area contributed by atoms with E-state index in [1.165, 1.54) is 17.3 Å². The number of rotatable bonds is 9. The van der Waals surface area contributed by atoms with Gasteiger partial charge in [0, 0.05) is 12.7 Å². The Labute approximate surface area is 198 Å². The molecule has 1 unspecified atom stereocenters. The quantitative estimate of drug-likeness (QED) is 0.467. The largest absolute Gasteiger partial charge is 0.497 e. The molecule has 1 atom stereocenters. The van der Waals surface area contributed by atoms with Gasteiger partial charge in [-0.25, -0.2) is 0 Å². The van der Waals surface area contributed by atoms with Gasteiger partial charge in [0.25, 0.3) is 0 Å². The van der Waals surface area contributed by atoms with E-state index in [9.17, 15) is 9.59 Å². The number of methoxy groups -OCH3 is 1. The molecule has 9 heteroatoms. The molecular weight excluding hydrogens is 438 g/mol. The number of hydrogen-bond acceptors (Lipinski definition) is 6. The van der Waals surface area contributed by atoms with Gasteiger partial charge in [-0.1, -0.05) is 30.0 Å². The molecule has 2 aromatic carbocycles. The fourth-order valence-electron chi connectivity index (χ4n) is 3.26. The average Bonchev–Trinajstić information content (AvgIpc) is 3.15. The summed E-state index contributed by atoms with van der Waals surface area (Å²) in [4.78, 5) is 24.8. The highest BCUT2D eigenvalue weighted by atomic mass is 32.2. The number of carbonyl (C=O) groups is 2. The van der Waals surface area contributed by atoms with Crippen LogP contribution in [-0.2, 0) is 23.1 Å². The zero-order valence-corrected chi connectivity index (χ0v) is 20.3. The van der Waals surface area contributed by atoms with E-state index in [4.69, 9.17) is 4.74 Å². The summed E-state index contributed by atoms with van der Waals surface area (Å²) in [7, 11) is 3.43. The Kier molecular flexibility index (Phi) is 8.11. The Hall–Kier alpha value is -3.33. The summed E-state index contributed by atoms with van der Waals surface area (Å²) in [5.74, 6) is 1.35. The van der Waals surface area contributed by atoms with E-state index in [2.05, 4.69) is 20.8 Å². The van der Waals surface area contributed by atoms with E-state index in [1.807, 2.05) is 70.3 Å². The van der Waals surface area contributed by atoms with Crippen LogP contribution >= 0.6 is 11.8 Å². The third-order valence-electron chi connectivity index (χ3n) is 5.28. The Morgan fingerprint density at radius 3 is 2.45 bits per heavy atom.